The van der Waals surface area contributed by atoms with E-state index in [0.717, 1.165) is 6.54 Å². The number of carbonyl (C=O) groups is 1. The quantitative estimate of drug-likeness (QED) is 0.552. The van der Waals surface area contributed by atoms with Crippen LogP contribution in [0.5, 0.6) is 5.75 Å². The summed E-state index contributed by atoms with van der Waals surface area (Å²) in [7, 11) is 5.45. The van der Waals surface area contributed by atoms with E-state index in [1.165, 1.54) is 30.2 Å². The first-order chi connectivity index (χ1) is 9.85. The molecule has 1 amide bonds. The van der Waals surface area contributed by atoms with Crippen LogP contribution in [0.15, 0.2) is 18.2 Å². The number of nitrogens with one attached hydrogen (secondary N) is 2. The molecule has 0 unspecified atom stereocenters. The molecule has 0 aliphatic carbocycles. The molecule has 0 spiro atoms. The lowest BCUT2D eigenvalue weighted by molar-refractivity contribution is -0.861. The topological polar surface area (TPSA) is 85.9 Å². The third kappa shape index (κ3) is 5.03. The molecule has 0 radical (unpaired) electrons. The standard InChI is InChI=1S/C14H21N3O4/c1-10(9-16(2)3)8-15-14(18)11-5-6-13(21-4)12(7-11)17(19)20/h5-7,10H,8-9H2,1-4H3,(H,15,18)/p+1/t10-/m1/s1. The lowest BCUT2D eigenvalue weighted by Gasteiger charge is -2.15. The Kier molecular flexibility index (Phi) is 6.10. The van der Waals surface area contributed by atoms with Crippen molar-refractivity contribution < 1.29 is 19.4 Å². The van der Waals surface area contributed by atoms with Crippen molar-refractivity contribution in [2.24, 2.45) is 5.92 Å². The van der Waals surface area contributed by atoms with Crippen molar-refractivity contribution in [1.29, 1.82) is 0 Å². The van der Waals surface area contributed by atoms with E-state index in [2.05, 4.69) is 5.32 Å². The van der Waals surface area contributed by atoms with E-state index < -0.39 is 4.92 Å². The number of hydrogen-bond donors (Lipinski definition) is 2. The third-order valence-electron chi connectivity index (χ3n) is 3.01. The molecule has 0 aliphatic rings. The smallest absolute Gasteiger partial charge is 0.311 e. The molecule has 1 atom stereocenters. The van der Waals surface area contributed by atoms with Gasteiger partial charge in [0.1, 0.15) is 0 Å². The van der Waals surface area contributed by atoms with Crippen LogP contribution in [0.2, 0.25) is 0 Å². The van der Waals surface area contributed by atoms with Gasteiger partial charge < -0.3 is 15.0 Å². The predicted molar refractivity (Wildman–Crippen MR) is 78.8 cm³/mol. The first kappa shape index (κ1) is 16.9. The third-order valence-corrected chi connectivity index (χ3v) is 3.01. The molecule has 0 saturated heterocycles. The highest BCUT2D eigenvalue weighted by atomic mass is 16.6. The average molecular weight is 296 g/mol. The van der Waals surface area contributed by atoms with Crippen LogP contribution in [0.4, 0.5) is 5.69 Å². The number of methoxy groups -OCH3 is 1. The molecule has 1 aromatic rings. The number of nitrogens with zero attached hydrogens (tertiary/aromatic N) is 1. The van der Waals surface area contributed by atoms with Crippen molar-refractivity contribution in [3.05, 3.63) is 33.9 Å². The second-order valence-electron chi connectivity index (χ2n) is 5.37. The van der Waals surface area contributed by atoms with E-state index in [1.54, 1.807) is 0 Å². The highest BCUT2D eigenvalue weighted by Gasteiger charge is 2.18. The number of ether oxygens (including phenoxy) is 1. The number of quaternary nitrogens is 1. The molecular formula is C14H22N3O4+. The Morgan fingerprint density at radius 2 is 2.14 bits per heavy atom. The van der Waals surface area contributed by atoms with Gasteiger partial charge in [0.25, 0.3) is 5.91 Å². The van der Waals surface area contributed by atoms with Crippen LogP contribution in [-0.2, 0) is 0 Å². The normalized spacial score (nSPS) is 12.0. The first-order valence-corrected chi connectivity index (χ1v) is 6.74. The summed E-state index contributed by atoms with van der Waals surface area (Å²) in [6.07, 6.45) is 0. The van der Waals surface area contributed by atoms with E-state index in [-0.39, 0.29) is 22.9 Å². The van der Waals surface area contributed by atoms with Crippen molar-refractivity contribution in [2.75, 3.05) is 34.3 Å². The monoisotopic (exact) mass is 296 g/mol. The Hall–Kier alpha value is -2.15. The maximum atomic E-state index is 12.0. The molecule has 0 heterocycles. The van der Waals surface area contributed by atoms with Crippen molar-refractivity contribution in [1.82, 2.24) is 5.32 Å². The van der Waals surface area contributed by atoms with Gasteiger partial charge in [0, 0.05) is 24.1 Å². The summed E-state index contributed by atoms with van der Waals surface area (Å²) in [6.45, 7) is 3.51. The number of nitro benzene ring substituents is 1. The lowest BCUT2D eigenvalue weighted by Crippen LogP contribution is -3.06. The summed E-state index contributed by atoms with van der Waals surface area (Å²) >= 11 is 0. The van der Waals surface area contributed by atoms with E-state index in [9.17, 15) is 14.9 Å². The van der Waals surface area contributed by atoms with Gasteiger partial charge in [0.05, 0.1) is 32.7 Å². The predicted octanol–water partition coefficient (Wildman–Crippen LogP) is 0.114. The minimum absolute atomic E-state index is 0.140. The summed E-state index contributed by atoms with van der Waals surface area (Å²) in [6, 6.07) is 4.18. The van der Waals surface area contributed by atoms with Crippen LogP contribution in [-0.4, -0.2) is 45.1 Å². The van der Waals surface area contributed by atoms with Gasteiger partial charge in [-0.05, 0) is 12.1 Å². The van der Waals surface area contributed by atoms with Gasteiger partial charge in [-0.1, -0.05) is 6.92 Å². The minimum atomic E-state index is -0.562. The van der Waals surface area contributed by atoms with Crippen LogP contribution in [0, 0.1) is 16.0 Å². The van der Waals surface area contributed by atoms with Crippen molar-refractivity contribution in [2.45, 2.75) is 6.92 Å². The van der Waals surface area contributed by atoms with E-state index in [1.807, 2.05) is 21.0 Å². The van der Waals surface area contributed by atoms with Gasteiger partial charge in [-0.15, -0.1) is 0 Å². The average Bonchev–Trinajstić information content (AvgIpc) is 2.43. The van der Waals surface area contributed by atoms with E-state index in [0.29, 0.717) is 12.5 Å². The number of hydrogen-bond acceptors (Lipinski definition) is 4. The van der Waals surface area contributed by atoms with Crippen molar-refractivity contribution >= 4 is 11.6 Å². The zero-order valence-corrected chi connectivity index (χ0v) is 12.8. The number of amides is 1. The molecule has 1 rings (SSSR count). The Bertz CT molecular complexity index is 517. The number of carbonyl (C=O) groups excluding carboxylic acids is 1. The maximum absolute atomic E-state index is 12.0. The molecule has 2 N–H and O–H groups in total. The second-order valence-corrected chi connectivity index (χ2v) is 5.37. The van der Waals surface area contributed by atoms with E-state index in [4.69, 9.17) is 4.74 Å². The molecule has 0 bridgehead atoms. The fourth-order valence-corrected chi connectivity index (χ4v) is 2.11. The molecule has 21 heavy (non-hydrogen) atoms. The van der Waals surface area contributed by atoms with Crippen LogP contribution >= 0.6 is 0 Å². The van der Waals surface area contributed by atoms with Gasteiger partial charge in [0.15, 0.2) is 5.75 Å². The van der Waals surface area contributed by atoms with Gasteiger partial charge in [0.2, 0.25) is 0 Å². The number of benzene rings is 1. The van der Waals surface area contributed by atoms with E-state index >= 15 is 0 Å². The summed E-state index contributed by atoms with van der Waals surface area (Å²) in [5.41, 5.74) is 0.0443. The Morgan fingerprint density at radius 1 is 1.48 bits per heavy atom. The lowest BCUT2D eigenvalue weighted by atomic mass is 10.1. The van der Waals surface area contributed by atoms with Crippen LogP contribution in [0.25, 0.3) is 0 Å². The Balaban J connectivity index is 2.75. The Morgan fingerprint density at radius 3 is 2.67 bits per heavy atom. The van der Waals surface area contributed by atoms with Gasteiger partial charge >= 0.3 is 5.69 Å². The van der Waals surface area contributed by atoms with Crippen molar-refractivity contribution in [3.8, 4) is 5.75 Å². The van der Waals surface area contributed by atoms with Gasteiger partial charge in [-0.2, -0.15) is 0 Å². The molecule has 0 saturated carbocycles. The highest BCUT2D eigenvalue weighted by Crippen LogP contribution is 2.27. The first-order valence-electron chi connectivity index (χ1n) is 6.74. The molecule has 116 valence electrons. The van der Waals surface area contributed by atoms with Gasteiger partial charge in [-0.3, -0.25) is 14.9 Å². The van der Waals surface area contributed by atoms with Crippen LogP contribution in [0.3, 0.4) is 0 Å². The molecule has 0 fully saturated rings. The summed E-state index contributed by atoms with van der Waals surface area (Å²) in [4.78, 5) is 23.7. The fraction of sp³-hybridized carbons (Fsp3) is 0.500. The molecule has 0 aliphatic heterocycles. The molecular weight excluding hydrogens is 274 g/mol. The van der Waals surface area contributed by atoms with Crippen LogP contribution < -0.4 is 15.0 Å². The second kappa shape index (κ2) is 7.58. The Labute approximate surface area is 124 Å². The maximum Gasteiger partial charge on any atom is 0.311 e. The van der Waals surface area contributed by atoms with Gasteiger partial charge in [-0.25, -0.2) is 0 Å². The zero-order valence-electron chi connectivity index (χ0n) is 12.8. The SMILES string of the molecule is COc1ccc(C(=O)NC[C@@H](C)C[NH+](C)C)cc1[N+](=O)[O-]. The summed E-state index contributed by atoms with van der Waals surface area (Å²) in [5, 5.41) is 13.7. The van der Waals surface area contributed by atoms with Crippen molar-refractivity contribution in [3.63, 3.8) is 0 Å². The summed E-state index contributed by atoms with van der Waals surface area (Å²) in [5.74, 6) is 0.148. The molecule has 7 nitrogen and oxygen atoms in total. The minimum Gasteiger partial charge on any atom is -0.490 e. The molecule has 0 aromatic heterocycles. The van der Waals surface area contributed by atoms with Crippen LogP contribution in [0.1, 0.15) is 17.3 Å². The molecule has 7 heteroatoms. The largest absolute Gasteiger partial charge is 0.490 e. The fourth-order valence-electron chi connectivity index (χ4n) is 2.11. The zero-order chi connectivity index (χ0) is 16.0. The number of rotatable bonds is 7. The molecule has 1 aromatic carbocycles. The summed E-state index contributed by atoms with van der Waals surface area (Å²) < 4.78 is 4.91. The number of nitro groups is 1. The highest BCUT2D eigenvalue weighted by molar-refractivity contribution is 5.95.